The van der Waals surface area contributed by atoms with Crippen LogP contribution in [0.4, 0.5) is 44.3 Å². The second kappa shape index (κ2) is 18.5. The van der Waals surface area contributed by atoms with E-state index in [1.54, 1.807) is 0 Å². The van der Waals surface area contributed by atoms with Crippen molar-refractivity contribution in [2.24, 2.45) is 20.5 Å². The predicted molar refractivity (Wildman–Crippen MR) is 207 cm³/mol. The quantitative estimate of drug-likeness (QED) is 0.0304. The third kappa shape index (κ3) is 11.4. The number of hydrogen-bond donors (Lipinski definition) is 8. The van der Waals surface area contributed by atoms with E-state index in [4.69, 9.17) is 17.3 Å². The summed E-state index contributed by atoms with van der Waals surface area (Å²) < 4.78 is 184. The molecule has 0 unspecified atom stereocenters. The van der Waals surface area contributed by atoms with Gasteiger partial charge < -0.3 is 16.2 Å². The summed E-state index contributed by atoms with van der Waals surface area (Å²) in [6.45, 7) is 1.33. The van der Waals surface area contributed by atoms with Crippen LogP contribution in [0, 0.1) is 13.0 Å². The Hall–Kier alpha value is -2.77. The maximum Gasteiger partial charge on any atom is 0.310 e. The number of aromatic nitrogens is 2. The van der Waals surface area contributed by atoms with Crippen molar-refractivity contribution in [3.05, 3.63) is 65.3 Å². The number of anilines is 3. The Balaban J connectivity index is 0.00000480. The summed E-state index contributed by atoms with van der Waals surface area (Å²) in [7, 11) is -26.5. The minimum absolute atomic E-state index is 0. The third-order valence-electron chi connectivity index (χ3n) is 7.38. The molecule has 33 heteroatoms. The number of phenolic OH excluding ortho intramolecular Hbond substituents is 1. The van der Waals surface area contributed by atoms with Crippen LogP contribution in [-0.2, 0) is 50.6 Å². The number of hydrogen-bond acceptors (Lipinski definition) is 19. The summed E-state index contributed by atoms with van der Waals surface area (Å²) in [5.74, 6) is -1.71. The molecule has 1 heterocycles. The first-order valence-electron chi connectivity index (χ1n) is 14.6. The number of nitrogen functional groups attached to an aromatic ring is 1. The van der Waals surface area contributed by atoms with Gasteiger partial charge in [0.15, 0.2) is 11.6 Å². The molecule has 0 bridgehead atoms. The Morgan fingerprint density at radius 1 is 0.667 bits per heavy atom. The van der Waals surface area contributed by atoms with E-state index in [9.17, 15) is 74.3 Å². The number of aryl methyl sites for hydroxylation is 1. The zero-order chi connectivity index (χ0) is 43.5. The van der Waals surface area contributed by atoms with Crippen LogP contribution in [0.25, 0.3) is 10.8 Å². The van der Waals surface area contributed by atoms with Gasteiger partial charge in [-0.3, -0.25) is 22.8 Å². The average molecular weight is 989 g/mol. The van der Waals surface area contributed by atoms with Gasteiger partial charge in [-0.25, -0.2) is 4.98 Å². The van der Waals surface area contributed by atoms with Crippen molar-refractivity contribution in [3.63, 3.8) is 0 Å². The molecule has 9 N–H and O–H groups in total. The molecule has 0 spiro atoms. The molecule has 5 aromatic rings. The van der Waals surface area contributed by atoms with Gasteiger partial charge in [-0.15, -0.1) is 20.5 Å². The second-order valence-electron chi connectivity index (χ2n) is 11.3. The number of azo groups is 2. The summed E-state index contributed by atoms with van der Waals surface area (Å²) in [5, 5.41) is 26.2. The van der Waals surface area contributed by atoms with Crippen molar-refractivity contribution >= 4 is 194 Å². The van der Waals surface area contributed by atoms with E-state index >= 15 is 0 Å². The largest absolute Gasteiger partial charge is 0.505 e. The Morgan fingerprint density at radius 2 is 1.13 bits per heavy atom. The molecular formula is C27H20ClFKN8NaO16S5. The van der Waals surface area contributed by atoms with Crippen LogP contribution in [0.15, 0.2) is 93.5 Å². The molecule has 5 rings (SSSR count). The van der Waals surface area contributed by atoms with Crippen LogP contribution >= 0.6 is 11.6 Å². The fraction of sp³-hybridized carbons (Fsp3) is 0.0370. The van der Waals surface area contributed by atoms with E-state index in [1.807, 2.05) is 0 Å². The third-order valence-corrected chi connectivity index (χ3v) is 12.2. The smallest absolute Gasteiger partial charge is 0.310 e. The Labute approximate surface area is 407 Å². The second-order valence-corrected chi connectivity index (χ2v) is 18.6. The topological polar surface area (TPSA) is 405 Å². The average Bonchev–Trinajstić information content (AvgIpc) is 3.07. The van der Waals surface area contributed by atoms with E-state index in [0.29, 0.717) is 30.3 Å². The summed E-state index contributed by atoms with van der Waals surface area (Å²) >= 11 is 6.11. The van der Waals surface area contributed by atoms with Gasteiger partial charge in [-0.05, 0) is 60.8 Å². The molecule has 60 heavy (non-hydrogen) atoms. The number of rotatable bonds is 11. The minimum atomic E-state index is -5.51. The number of nitrogens with one attached hydrogen (secondary N) is 1. The van der Waals surface area contributed by atoms with Crippen molar-refractivity contribution in [2.75, 3.05) is 11.1 Å². The number of halogens is 2. The number of nitrogens with zero attached hydrogens (tertiary/aromatic N) is 6. The molecule has 0 amide bonds. The normalized spacial score (nSPS) is 12.7. The van der Waals surface area contributed by atoms with Crippen molar-refractivity contribution in [2.45, 2.75) is 31.4 Å². The van der Waals surface area contributed by atoms with Crippen molar-refractivity contribution < 1.29 is 74.3 Å². The monoisotopic (exact) mass is 988 g/mol. The number of phenols is 1. The fourth-order valence-corrected chi connectivity index (χ4v) is 8.07. The van der Waals surface area contributed by atoms with Gasteiger partial charge in [0.1, 0.15) is 47.4 Å². The summed E-state index contributed by atoms with van der Waals surface area (Å²) in [6.07, 6.45) is -1.22. The van der Waals surface area contributed by atoms with Crippen molar-refractivity contribution in [1.82, 2.24) is 9.97 Å². The first kappa shape index (κ1) is 51.6. The molecule has 0 saturated carbocycles. The van der Waals surface area contributed by atoms with Gasteiger partial charge >= 0.3 is 6.08 Å². The van der Waals surface area contributed by atoms with Gasteiger partial charge in [0, 0.05) is 86.6 Å². The van der Waals surface area contributed by atoms with Gasteiger partial charge in [-0.1, -0.05) is 11.6 Å². The van der Waals surface area contributed by atoms with Gasteiger partial charge in [0.05, 0.1) is 21.7 Å². The fourth-order valence-electron chi connectivity index (χ4n) is 4.90. The Bertz CT molecular complexity index is 3260. The van der Waals surface area contributed by atoms with Crippen LogP contribution in [0.3, 0.4) is 0 Å². The molecule has 2 radical (unpaired) electrons. The SMILES string of the molecule is Cc1nc(F)nc(Nc2ccc(S(=O)(=O)O)c(N=Nc3c(S(=O)(=O)O)cc4cc(S(=O)(=O)O)c(N=Nc5cc(S(=O)(=O)O)ccc5S(=O)(=O)O)c(N)c4c3O)c2)c1Cl.[K].[Na]. The molecule has 4 aromatic carbocycles. The molecule has 0 aliphatic rings. The first-order valence-corrected chi connectivity index (χ1v) is 22.1. The molecule has 0 saturated heterocycles. The molecule has 0 aliphatic carbocycles. The number of nitrogens with two attached hydrogens (primary N) is 1. The zero-order valence-corrected chi connectivity index (χ0v) is 39.9. The van der Waals surface area contributed by atoms with Crippen LogP contribution < -0.4 is 11.1 Å². The Morgan fingerprint density at radius 3 is 1.63 bits per heavy atom. The van der Waals surface area contributed by atoms with Crippen LogP contribution in [0.5, 0.6) is 5.75 Å². The van der Waals surface area contributed by atoms with E-state index in [1.165, 1.54) is 6.92 Å². The summed E-state index contributed by atoms with van der Waals surface area (Å²) in [5.41, 5.74) is 0.619. The van der Waals surface area contributed by atoms with E-state index in [-0.39, 0.29) is 103 Å². The molecule has 1 aromatic heterocycles. The molecule has 0 aliphatic heterocycles. The van der Waals surface area contributed by atoms with Crippen molar-refractivity contribution in [1.29, 1.82) is 0 Å². The van der Waals surface area contributed by atoms with E-state index < -0.39 is 126 Å². The standard InChI is InChI=1S/C27H20ClFN8O16S5.K.Na/c1-10-21(28)26(33-27(29)31-10)32-12-2-4-16(55(42,43)44)14(8-12)34-37-24-19(58(51,52)53)7-11-6-18(57(48,49)50)23(22(30)20(11)25(24)38)36-35-15-9-13(54(39,40)41)3-5-17(15)56(45,46)47;;/h2-9,38H,30H2,1H3,(H,31,32,33)(H,39,40,41)(H,42,43,44)(H,45,46,47)(H,48,49,50)(H,51,52,53);;. The number of benzene rings is 4. The summed E-state index contributed by atoms with van der Waals surface area (Å²) in [4.78, 5) is 1.09. The van der Waals surface area contributed by atoms with Gasteiger partial charge in [-0.2, -0.15) is 51.5 Å². The zero-order valence-electron chi connectivity index (χ0n) is 29.9. The molecule has 310 valence electrons. The van der Waals surface area contributed by atoms with Crippen molar-refractivity contribution in [3.8, 4) is 5.75 Å². The molecule has 24 nitrogen and oxygen atoms in total. The van der Waals surface area contributed by atoms with Crippen LogP contribution in [0.2, 0.25) is 5.02 Å². The number of fused-ring (bicyclic) bond motifs is 1. The van der Waals surface area contributed by atoms with E-state index in [0.717, 1.165) is 18.2 Å². The van der Waals surface area contributed by atoms with Crippen LogP contribution in [0.1, 0.15) is 5.69 Å². The predicted octanol–water partition coefficient (Wildman–Crippen LogP) is 4.06. The maximum absolute atomic E-state index is 13.9. The van der Waals surface area contributed by atoms with Crippen LogP contribution in [-0.4, -0.2) is 161 Å². The van der Waals surface area contributed by atoms with Gasteiger partial charge in [0.2, 0.25) is 0 Å². The molecule has 0 atom stereocenters. The summed E-state index contributed by atoms with van der Waals surface area (Å²) in [6, 6.07) is 4.86. The molecular weight excluding hydrogens is 969 g/mol. The Kier molecular flexibility index (Phi) is 15.9. The van der Waals surface area contributed by atoms with Gasteiger partial charge in [0.25, 0.3) is 50.6 Å². The molecule has 0 fully saturated rings. The first-order chi connectivity index (χ1) is 26.5. The van der Waals surface area contributed by atoms with E-state index in [2.05, 4.69) is 35.7 Å². The maximum atomic E-state index is 13.9. The minimum Gasteiger partial charge on any atom is -0.505 e. The number of aromatic hydroxyl groups is 1.